The van der Waals surface area contributed by atoms with Gasteiger partial charge in [0.25, 0.3) is 0 Å². The number of hydrogen-bond donors (Lipinski definition) is 1. The van der Waals surface area contributed by atoms with Crippen LogP contribution in [0.15, 0.2) is 24.3 Å². The molecule has 4 heteroatoms. The Morgan fingerprint density at radius 2 is 1.87 bits per heavy atom. The molecule has 0 aromatic heterocycles. The van der Waals surface area contributed by atoms with E-state index in [1.165, 1.54) is 5.69 Å². The maximum Gasteiger partial charge on any atom is 0.181 e. The lowest BCUT2D eigenvalue weighted by atomic mass is 10.2. The van der Waals surface area contributed by atoms with Crippen molar-refractivity contribution in [2.75, 3.05) is 36.5 Å². The Kier molecular flexibility index (Phi) is 3.05. The summed E-state index contributed by atoms with van der Waals surface area (Å²) in [6.07, 6.45) is 1.90. The molecule has 0 bridgehead atoms. The van der Waals surface area contributed by atoms with Crippen LogP contribution in [0.3, 0.4) is 0 Å². The summed E-state index contributed by atoms with van der Waals surface area (Å²) < 4.78 is 5.29. The molecule has 1 aromatic rings. The molecule has 1 aromatic carbocycles. The van der Waals surface area contributed by atoms with Gasteiger partial charge in [-0.1, -0.05) is 0 Å². The van der Waals surface area contributed by atoms with Crippen molar-refractivity contribution in [1.29, 1.82) is 5.26 Å². The second-order valence-corrected chi connectivity index (χ2v) is 3.38. The highest BCUT2D eigenvalue weighted by atomic mass is 16.5. The van der Waals surface area contributed by atoms with Crippen LogP contribution in [0.4, 0.5) is 11.4 Å². The smallest absolute Gasteiger partial charge is 0.181 e. The maximum absolute atomic E-state index is 8.45. The van der Waals surface area contributed by atoms with E-state index in [9.17, 15) is 0 Å². The number of anilines is 2. The molecule has 15 heavy (non-hydrogen) atoms. The SMILES string of the molecule is N#CNc1ccc(N2CCOCC2)cc1. The molecule has 1 fully saturated rings. The standard InChI is InChI=1S/C11H13N3O/c12-9-13-10-1-3-11(4-2-10)14-5-7-15-8-6-14/h1-4,13H,5-8H2. The third kappa shape index (κ3) is 2.39. The lowest BCUT2D eigenvalue weighted by molar-refractivity contribution is 0.122. The number of rotatable bonds is 2. The Balaban J connectivity index is 2.05. The molecule has 1 heterocycles. The van der Waals surface area contributed by atoms with Crippen LogP contribution < -0.4 is 10.2 Å². The second-order valence-electron chi connectivity index (χ2n) is 3.38. The van der Waals surface area contributed by atoms with Gasteiger partial charge in [0.05, 0.1) is 13.2 Å². The zero-order valence-electron chi connectivity index (χ0n) is 8.44. The predicted molar refractivity (Wildman–Crippen MR) is 58.7 cm³/mol. The first-order valence-electron chi connectivity index (χ1n) is 4.98. The number of nitriles is 1. The highest BCUT2D eigenvalue weighted by Crippen LogP contribution is 2.18. The van der Waals surface area contributed by atoms with E-state index in [-0.39, 0.29) is 0 Å². The first-order chi connectivity index (χ1) is 7.40. The fourth-order valence-electron chi connectivity index (χ4n) is 1.64. The number of morpholine rings is 1. The molecule has 0 amide bonds. The molecular formula is C11H13N3O. The van der Waals surface area contributed by atoms with E-state index < -0.39 is 0 Å². The maximum atomic E-state index is 8.45. The molecule has 78 valence electrons. The van der Waals surface area contributed by atoms with Crippen LogP contribution in [0.25, 0.3) is 0 Å². The molecule has 0 spiro atoms. The van der Waals surface area contributed by atoms with Gasteiger partial charge in [-0.3, -0.25) is 5.32 Å². The van der Waals surface area contributed by atoms with Crippen molar-refractivity contribution >= 4 is 11.4 Å². The average Bonchev–Trinajstić information content (AvgIpc) is 2.32. The average molecular weight is 203 g/mol. The summed E-state index contributed by atoms with van der Waals surface area (Å²) >= 11 is 0. The fourth-order valence-corrected chi connectivity index (χ4v) is 1.64. The molecule has 1 aliphatic rings. The largest absolute Gasteiger partial charge is 0.378 e. The molecule has 1 saturated heterocycles. The van der Waals surface area contributed by atoms with Gasteiger partial charge < -0.3 is 9.64 Å². The normalized spacial score (nSPS) is 15.8. The molecule has 1 N–H and O–H groups in total. The quantitative estimate of drug-likeness (QED) is 0.583. The van der Waals surface area contributed by atoms with E-state index in [2.05, 4.69) is 10.2 Å². The Bertz CT molecular complexity index is 349. The monoisotopic (exact) mass is 203 g/mol. The van der Waals surface area contributed by atoms with Crippen LogP contribution in [0, 0.1) is 11.5 Å². The van der Waals surface area contributed by atoms with E-state index in [0.717, 1.165) is 32.0 Å². The summed E-state index contributed by atoms with van der Waals surface area (Å²) in [5, 5.41) is 11.0. The number of benzene rings is 1. The highest BCUT2D eigenvalue weighted by molar-refractivity contribution is 5.56. The van der Waals surface area contributed by atoms with Crippen LogP contribution in [0.5, 0.6) is 0 Å². The van der Waals surface area contributed by atoms with Crippen LogP contribution in [0.1, 0.15) is 0 Å². The predicted octanol–water partition coefficient (Wildman–Crippen LogP) is 1.42. The zero-order chi connectivity index (χ0) is 10.5. The van der Waals surface area contributed by atoms with Crippen molar-refractivity contribution in [3.63, 3.8) is 0 Å². The van der Waals surface area contributed by atoms with E-state index in [4.69, 9.17) is 10.00 Å². The first kappa shape index (κ1) is 9.81. The highest BCUT2D eigenvalue weighted by Gasteiger charge is 2.10. The summed E-state index contributed by atoms with van der Waals surface area (Å²) in [7, 11) is 0. The van der Waals surface area contributed by atoms with Crippen molar-refractivity contribution in [2.24, 2.45) is 0 Å². The van der Waals surface area contributed by atoms with Crippen molar-refractivity contribution in [3.05, 3.63) is 24.3 Å². The van der Waals surface area contributed by atoms with Gasteiger partial charge >= 0.3 is 0 Å². The third-order valence-corrected chi connectivity index (χ3v) is 2.44. The number of hydrogen-bond acceptors (Lipinski definition) is 4. The summed E-state index contributed by atoms with van der Waals surface area (Å²) in [6, 6.07) is 7.86. The number of nitrogens with zero attached hydrogens (tertiary/aromatic N) is 2. The number of ether oxygens (including phenoxy) is 1. The van der Waals surface area contributed by atoms with Gasteiger partial charge in [-0.15, -0.1) is 0 Å². The number of nitrogens with one attached hydrogen (secondary N) is 1. The summed E-state index contributed by atoms with van der Waals surface area (Å²) in [4.78, 5) is 2.28. The van der Waals surface area contributed by atoms with Crippen LogP contribution in [-0.2, 0) is 4.74 Å². The van der Waals surface area contributed by atoms with Gasteiger partial charge in [-0.25, -0.2) is 0 Å². The Morgan fingerprint density at radius 3 is 2.47 bits per heavy atom. The Hall–Kier alpha value is -1.73. The first-order valence-corrected chi connectivity index (χ1v) is 4.98. The molecule has 0 radical (unpaired) electrons. The van der Waals surface area contributed by atoms with Crippen LogP contribution >= 0.6 is 0 Å². The molecule has 0 unspecified atom stereocenters. The van der Waals surface area contributed by atoms with E-state index in [0.29, 0.717) is 0 Å². The Morgan fingerprint density at radius 1 is 1.20 bits per heavy atom. The molecule has 0 aliphatic carbocycles. The van der Waals surface area contributed by atoms with Crippen molar-refractivity contribution in [1.82, 2.24) is 0 Å². The molecule has 4 nitrogen and oxygen atoms in total. The van der Waals surface area contributed by atoms with Gasteiger partial charge in [0.15, 0.2) is 6.19 Å². The molecule has 1 aliphatic heterocycles. The van der Waals surface area contributed by atoms with E-state index >= 15 is 0 Å². The van der Waals surface area contributed by atoms with E-state index in [1.807, 2.05) is 30.5 Å². The molecule has 2 rings (SSSR count). The minimum absolute atomic E-state index is 0.790. The second kappa shape index (κ2) is 4.67. The van der Waals surface area contributed by atoms with Gasteiger partial charge in [0.1, 0.15) is 0 Å². The van der Waals surface area contributed by atoms with Crippen molar-refractivity contribution < 1.29 is 4.74 Å². The van der Waals surface area contributed by atoms with Crippen LogP contribution in [-0.4, -0.2) is 26.3 Å². The van der Waals surface area contributed by atoms with Gasteiger partial charge in [-0.05, 0) is 24.3 Å². The Labute approximate surface area is 89.1 Å². The lowest BCUT2D eigenvalue weighted by Crippen LogP contribution is -2.36. The van der Waals surface area contributed by atoms with Crippen molar-refractivity contribution in [2.45, 2.75) is 0 Å². The van der Waals surface area contributed by atoms with E-state index in [1.54, 1.807) is 0 Å². The molecule has 0 saturated carbocycles. The lowest BCUT2D eigenvalue weighted by Gasteiger charge is -2.28. The summed E-state index contributed by atoms with van der Waals surface area (Å²) in [5.41, 5.74) is 2.01. The van der Waals surface area contributed by atoms with Crippen molar-refractivity contribution in [3.8, 4) is 6.19 Å². The fraction of sp³-hybridized carbons (Fsp3) is 0.364. The molecule has 0 atom stereocenters. The van der Waals surface area contributed by atoms with Gasteiger partial charge in [0.2, 0.25) is 0 Å². The van der Waals surface area contributed by atoms with Crippen LogP contribution in [0.2, 0.25) is 0 Å². The minimum atomic E-state index is 0.790. The topological polar surface area (TPSA) is 48.3 Å². The van der Waals surface area contributed by atoms with Gasteiger partial charge in [0, 0.05) is 24.5 Å². The summed E-state index contributed by atoms with van der Waals surface area (Å²) in [5.74, 6) is 0. The third-order valence-electron chi connectivity index (χ3n) is 2.44. The minimum Gasteiger partial charge on any atom is -0.378 e. The summed E-state index contributed by atoms with van der Waals surface area (Å²) in [6.45, 7) is 3.45. The molecular weight excluding hydrogens is 190 g/mol. The zero-order valence-corrected chi connectivity index (χ0v) is 8.44. The van der Waals surface area contributed by atoms with Gasteiger partial charge in [-0.2, -0.15) is 5.26 Å².